The third-order valence-electron chi connectivity index (χ3n) is 11.3. The van der Waals surface area contributed by atoms with Crippen LogP contribution in [-0.2, 0) is 73.4 Å². The van der Waals surface area contributed by atoms with E-state index in [1.54, 1.807) is 0 Å². The molecule has 0 aliphatic carbocycles. The van der Waals surface area contributed by atoms with E-state index < -0.39 is 126 Å². The first-order chi connectivity index (χ1) is 43.8. The smallest absolute Gasteiger partial charge is 0.330 e. The molecule has 0 saturated heterocycles. The van der Waals surface area contributed by atoms with Crippen LogP contribution >= 0.6 is 25.3 Å². The summed E-state index contributed by atoms with van der Waals surface area (Å²) >= 11 is 7.30. The van der Waals surface area contributed by atoms with Crippen molar-refractivity contribution in [1.82, 2.24) is 4.98 Å². The monoisotopic (exact) mass is 1410 g/mol. The Morgan fingerprint density at radius 3 is 1.12 bits per heavy atom. The zero-order valence-electron chi connectivity index (χ0n) is 55.1. The van der Waals surface area contributed by atoms with E-state index in [1.807, 2.05) is 85.9 Å². The molecule has 0 radical (unpaired) electrons. The number of aliphatic carboxylic acids is 9. The Kier molecular flexibility index (Phi) is 70.1. The molecule has 0 fully saturated rings. The van der Waals surface area contributed by atoms with Crippen molar-refractivity contribution in [2.75, 3.05) is 44.3 Å². The molecule has 0 saturated carbocycles. The van der Waals surface area contributed by atoms with Gasteiger partial charge in [-0.1, -0.05) is 92.9 Å². The highest BCUT2D eigenvalue weighted by molar-refractivity contribution is 7.80. The molecule has 95 heavy (non-hydrogen) atoms. The molecule has 39 heteroatoms. The Hall–Kier alpha value is -7.22. The van der Waals surface area contributed by atoms with Gasteiger partial charge in [0.05, 0.1) is 19.6 Å². The average molecular weight is 1410 g/mol. The van der Waals surface area contributed by atoms with Crippen LogP contribution in [0.15, 0.2) is 30.5 Å². The van der Waals surface area contributed by atoms with Crippen molar-refractivity contribution in [3.63, 3.8) is 0 Å². The standard InChI is InChI=1S/C11H12N2O2.C9H19N3O4.C8H16N2O3.3C6H13NO2.2C3H7NO2S.2C2H5NO2/c12-9(11(14)15)5-7-6-13-10-4-2-1-3-8(7)10;10-4-2-1-3-6(11)9(15)16-5-7(12)8(13)14;1-5(2)3-6(10)8(12)13-7(11)4-9;1-4(2)3-5(7)6(8)9;2*1-3-4(2)5(7)6(8)9;2*4-2(1-7)3(5)6;2*3-1-2(4)5/h1-4,6,9,13H,5,12H2,(H,14,15);6-7H,1-5,10-12H2,(H,13,14);5-6H,3-4,9-10H2,1-2H3;3*4-5H,3,7H2,1-2H3,(H,8,9);2*2,7H,1,4H2,(H,5,6);2*1,3H2,(H,4,5)/t9-;6-,7-;6-;5-;2*4-,5-;2*2-;;/m00000000../s1. The minimum atomic E-state index is -1.22. The van der Waals surface area contributed by atoms with Crippen LogP contribution in [0.2, 0.25) is 0 Å². The lowest BCUT2D eigenvalue weighted by Gasteiger charge is -2.12. The molecule has 11 atom stereocenters. The maximum atomic E-state index is 11.2. The van der Waals surface area contributed by atoms with Crippen LogP contribution in [0.1, 0.15) is 106 Å². The number of carbonyl (C=O) groups excluding carboxylic acids is 3. The molecule has 2 aromatic rings. The SMILES string of the molecule is CC(C)C[C@H](N)C(=O)O.CC(C)C[C@H](N)C(=O)OC(=O)CN.CC[C@H](C)[C@H](N)C(=O)O.CC[C@H](C)[C@H](N)C(=O)O.NCC(=O)O.NCC(=O)O.NCCCC[C@H](N)C(=O)OC[C@H](N)C(=O)O.N[C@@H](CS)C(=O)O.N[C@@H](CS)C(=O)O.N[C@@H](Cc1c[nH]c2ccccc12)C(=O)O. The quantitative estimate of drug-likeness (QED) is 0.0160. The van der Waals surface area contributed by atoms with E-state index in [4.69, 9.17) is 109 Å². The fourth-order valence-electron chi connectivity index (χ4n) is 5.19. The number of hydrogen-bond acceptors (Lipinski definition) is 29. The maximum Gasteiger partial charge on any atom is 0.330 e. The van der Waals surface area contributed by atoms with Crippen molar-refractivity contribution in [1.29, 1.82) is 0 Å². The van der Waals surface area contributed by atoms with Gasteiger partial charge in [0.15, 0.2) is 0 Å². The van der Waals surface area contributed by atoms with Gasteiger partial charge >= 0.3 is 71.6 Å². The van der Waals surface area contributed by atoms with E-state index in [1.165, 1.54) is 0 Å². The first kappa shape index (κ1) is 104. The minimum absolute atomic E-state index is 0.0718. The average Bonchev–Trinajstić information content (AvgIpc) is 1.84. The van der Waals surface area contributed by atoms with Crippen LogP contribution in [0.25, 0.3) is 10.9 Å². The molecule has 554 valence electrons. The molecule has 1 heterocycles. The molecular weight excluding hydrogens is 1300 g/mol. The topological polar surface area (TPSA) is 759 Å². The number of thiol groups is 2. The van der Waals surface area contributed by atoms with Gasteiger partial charge in [0.2, 0.25) is 0 Å². The lowest BCUT2D eigenvalue weighted by molar-refractivity contribution is -0.160. The van der Waals surface area contributed by atoms with Gasteiger partial charge in [-0.25, -0.2) is 4.79 Å². The van der Waals surface area contributed by atoms with Gasteiger partial charge in [0.25, 0.3) is 0 Å². The molecule has 0 aliphatic rings. The highest BCUT2D eigenvalue weighted by Crippen LogP contribution is 2.19. The Balaban J connectivity index is -0.000000151. The summed E-state index contributed by atoms with van der Waals surface area (Å²) in [5.41, 5.74) is 68.6. The first-order valence-corrected chi connectivity index (χ1v) is 30.3. The number of unbranched alkanes of at least 4 members (excludes halogenated alkanes) is 1. The van der Waals surface area contributed by atoms with Crippen molar-refractivity contribution < 1.29 is 113 Å². The lowest BCUT2D eigenvalue weighted by Crippen LogP contribution is -2.39. The summed E-state index contributed by atoms with van der Waals surface area (Å²) in [6.45, 7) is 14.6. The van der Waals surface area contributed by atoms with E-state index in [-0.39, 0.29) is 55.5 Å². The third kappa shape index (κ3) is 66.6. The van der Waals surface area contributed by atoms with Crippen LogP contribution in [0, 0.1) is 23.7 Å². The van der Waals surface area contributed by atoms with Crippen LogP contribution in [0.4, 0.5) is 0 Å². The summed E-state index contributed by atoms with van der Waals surface area (Å²) < 4.78 is 8.99. The highest BCUT2D eigenvalue weighted by Gasteiger charge is 2.22. The summed E-state index contributed by atoms with van der Waals surface area (Å²) in [7, 11) is 0. The number of rotatable bonds is 30. The van der Waals surface area contributed by atoms with Gasteiger partial charge in [0.1, 0.15) is 61.0 Å². The number of benzene rings is 1. The largest absolute Gasteiger partial charge is 0.480 e. The Morgan fingerprint density at radius 2 is 0.842 bits per heavy atom. The Labute approximate surface area is 563 Å². The predicted octanol–water partition coefficient (Wildman–Crippen LogP) is -3.04. The van der Waals surface area contributed by atoms with E-state index in [0.29, 0.717) is 38.1 Å². The summed E-state index contributed by atoms with van der Waals surface area (Å²) in [6.07, 6.45) is 6.82. The molecule has 1 aromatic carbocycles. The third-order valence-corrected chi connectivity index (χ3v) is 12.1. The molecule has 0 spiro atoms. The Morgan fingerprint density at radius 1 is 0.474 bits per heavy atom. The molecule has 37 nitrogen and oxygen atoms in total. The fraction of sp³-hybridized carbons (Fsp3) is 0.643. The number of para-hydroxylation sites is 1. The number of nitrogens with two attached hydrogens (primary N) is 13. The number of aromatic nitrogens is 1. The van der Waals surface area contributed by atoms with Crippen LogP contribution in [0.3, 0.4) is 0 Å². The number of carbonyl (C=O) groups is 12. The van der Waals surface area contributed by atoms with Crippen LogP contribution < -0.4 is 74.5 Å². The van der Waals surface area contributed by atoms with Gasteiger partial charge < -0.3 is 135 Å². The number of aromatic amines is 1. The molecule has 0 aliphatic heterocycles. The predicted molar refractivity (Wildman–Crippen MR) is 360 cm³/mol. The maximum absolute atomic E-state index is 11.2. The van der Waals surface area contributed by atoms with Crippen molar-refractivity contribution in [2.24, 2.45) is 98.2 Å². The van der Waals surface area contributed by atoms with Crippen LogP contribution in [0.5, 0.6) is 0 Å². The lowest BCUT2D eigenvalue weighted by atomic mass is 10.0. The zero-order chi connectivity index (χ0) is 76.4. The van der Waals surface area contributed by atoms with Crippen molar-refractivity contribution in [3.05, 3.63) is 36.0 Å². The summed E-state index contributed by atoms with van der Waals surface area (Å²) in [4.78, 5) is 125. The number of hydrogen-bond donors (Lipinski definition) is 25. The van der Waals surface area contributed by atoms with Gasteiger partial charge in [-0.2, -0.15) is 25.3 Å². The number of fused-ring (bicyclic) bond motifs is 1. The minimum Gasteiger partial charge on any atom is -0.480 e. The van der Waals surface area contributed by atoms with E-state index in [2.05, 4.69) is 51.2 Å². The van der Waals surface area contributed by atoms with E-state index in [9.17, 15) is 57.5 Å². The number of nitrogens with one attached hydrogen (secondary N) is 1. The second kappa shape index (κ2) is 64.1. The summed E-state index contributed by atoms with van der Waals surface area (Å²) in [5.74, 6) is -9.79. The molecule has 1 aromatic heterocycles. The normalized spacial score (nSPS) is 13.4. The number of ether oxygens (including phenoxy) is 2. The number of H-pyrrole nitrogens is 1. The van der Waals surface area contributed by atoms with Gasteiger partial charge in [-0.15, -0.1) is 0 Å². The number of esters is 3. The zero-order valence-corrected chi connectivity index (χ0v) is 56.9. The van der Waals surface area contributed by atoms with Gasteiger partial charge in [0, 0.05) is 35.0 Å². The van der Waals surface area contributed by atoms with Gasteiger partial charge in [-0.3, -0.25) is 52.7 Å². The first-order valence-electron chi connectivity index (χ1n) is 29.1. The molecule has 2 rings (SSSR count). The van der Waals surface area contributed by atoms with E-state index >= 15 is 0 Å². The fourth-order valence-corrected chi connectivity index (χ4v) is 5.51. The molecule has 0 amide bonds. The number of carboxylic acid groups (broad SMARTS) is 9. The van der Waals surface area contributed by atoms with E-state index in [0.717, 1.165) is 42.1 Å². The van der Waals surface area contributed by atoms with Crippen molar-refractivity contribution in [3.8, 4) is 0 Å². The molecule has 0 bridgehead atoms. The van der Waals surface area contributed by atoms with Crippen LogP contribution in [-0.4, -0.2) is 221 Å². The van der Waals surface area contributed by atoms with Crippen molar-refractivity contribution in [2.45, 2.75) is 161 Å². The second-order valence-electron chi connectivity index (χ2n) is 20.7. The van der Waals surface area contributed by atoms with Gasteiger partial charge in [-0.05, 0) is 67.5 Å². The molecule has 36 N–H and O–H groups in total. The molecule has 0 unspecified atom stereocenters. The summed E-state index contributed by atoms with van der Waals surface area (Å²) in [5, 5.41) is 74.4. The second-order valence-corrected chi connectivity index (χ2v) is 21.5. The van der Waals surface area contributed by atoms with Crippen molar-refractivity contribution >= 4 is 108 Å². The number of carboxylic acids is 9. The summed E-state index contributed by atoms with van der Waals surface area (Å²) in [6, 6.07) is 0.501. The Bertz CT molecular complexity index is 2410. The molecular formula is C56H110N14O23S2. The highest BCUT2D eigenvalue weighted by atomic mass is 32.1.